The van der Waals surface area contributed by atoms with Crippen LogP contribution in [0.1, 0.15) is 17.3 Å². The van der Waals surface area contributed by atoms with E-state index in [1.165, 1.54) is 7.11 Å². The molecule has 0 atom stereocenters. The Morgan fingerprint density at radius 3 is 2.42 bits per heavy atom. The molecule has 128 valence electrons. The Morgan fingerprint density at radius 2 is 1.88 bits per heavy atom. The average Bonchev–Trinajstić information content (AvgIpc) is 2.57. The van der Waals surface area contributed by atoms with Crippen molar-refractivity contribution in [2.75, 3.05) is 38.0 Å². The van der Waals surface area contributed by atoms with Crippen molar-refractivity contribution >= 4 is 28.9 Å². The van der Waals surface area contributed by atoms with Crippen molar-refractivity contribution < 1.29 is 14.3 Å². The molecule has 0 aliphatic carbocycles. The summed E-state index contributed by atoms with van der Waals surface area (Å²) < 4.78 is 10.7. The Kier molecular flexibility index (Phi) is 5.93. The SMILES string of the molecule is CCOc1c(Cl)cc(C(=O)Nc2ccc(N(C)C)cc2)cc1OC. The Labute approximate surface area is 147 Å². The summed E-state index contributed by atoms with van der Waals surface area (Å²) in [5, 5.41) is 3.18. The Bertz CT molecular complexity index is 715. The van der Waals surface area contributed by atoms with Gasteiger partial charge in [-0.1, -0.05) is 11.6 Å². The van der Waals surface area contributed by atoms with Crippen LogP contribution < -0.4 is 19.7 Å². The quantitative estimate of drug-likeness (QED) is 0.855. The lowest BCUT2D eigenvalue weighted by atomic mass is 10.1. The van der Waals surface area contributed by atoms with Crippen LogP contribution in [0.4, 0.5) is 11.4 Å². The monoisotopic (exact) mass is 348 g/mol. The maximum atomic E-state index is 12.4. The lowest BCUT2D eigenvalue weighted by Crippen LogP contribution is -2.13. The molecule has 1 N–H and O–H groups in total. The number of hydrogen-bond donors (Lipinski definition) is 1. The lowest BCUT2D eigenvalue weighted by molar-refractivity contribution is 0.102. The van der Waals surface area contributed by atoms with Crippen LogP contribution in [0.25, 0.3) is 0 Å². The van der Waals surface area contributed by atoms with Gasteiger partial charge in [-0.3, -0.25) is 4.79 Å². The van der Waals surface area contributed by atoms with Gasteiger partial charge in [-0.15, -0.1) is 0 Å². The van der Waals surface area contributed by atoms with Gasteiger partial charge in [0.05, 0.1) is 18.7 Å². The fourth-order valence-corrected chi connectivity index (χ4v) is 2.45. The Hall–Kier alpha value is -2.40. The van der Waals surface area contributed by atoms with E-state index < -0.39 is 0 Å². The molecule has 0 aliphatic heterocycles. The van der Waals surface area contributed by atoms with Crippen LogP contribution in [0.3, 0.4) is 0 Å². The molecule has 2 aromatic rings. The van der Waals surface area contributed by atoms with Gasteiger partial charge in [0, 0.05) is 31.0 Å². The van der Waals surface area contributed by atoms with E-state index in [2.05, 4.69) is 5.32 Å². The van der Waals surface area contributed by atoms with E-state index in [0.717, 1.165) is 5.69 Å². The zero-order valence-electron chi connectivity index (χ0n) is 14.2. The molecule has 0 spiro atoms. The predicted octanol–water partition coefficient (Wildman–Crippen LogP) is 4.07. The number of nitrogens with one attached hydrogen (secondary N) is 1. The Morgan fingerprint density at radius 1 is 1.21 bits per heavy atom. The van der Waals surface area contributed by atoms with Gasteiger partial charge < -0.3 is 19.7 Å². The Balaban J connectivity index is 2.21. The molecule has 0 fully saturated rings. The summed E-state index contributed by atoms with van der Waals surface area (Å²) in [4.78, 5) is 14.4. The van der Waals surface area contributed by atoms with Crippen LogP contribution in [-0.4, -0.2) is 33.7 Å². The smallest absolute Gasteiger partial charge is 0.255 e. The number of carbonyl (C=O) groups is 1. The molecule has 5 nitrogen and oxygen atoms in total. The fraction of sp³-hybridized carbons (Fsp3) is 0.278. The largest absolute Gasteiger partial charge is 0.493 e. The van der Waals surface area contributed by atoms with Crippen LogP contribution >= 0.6 is 11.6 Å². The normalized spacial score (nSPS) is 10.2. The van der Waals surface area contributed by atoms with Crippen molar-refractivity contribution in [3.63, 3.8) is 0 Å². The third-order valence-corrected chi connectivity index (χ3v) is 3.70. The minimum atomic E-state index is -0.268. The first-order chi connectivity index (χ1) is 11.5. The van der Waals surface area contributed by atoms with Crippen molar-refractivity contribution in [3.8, 4) is 11.5 Å². The highest BCUT2D eigenvalue weighted by Crippen LogP contribution is 2.36. The summed E-state index contributed by atoms with van der Waals surface area (Å²) in [6.45, 7) is 2.31. The van der Waals surface area contributed by atoms with Gasteiger partial charge in [0.25, 0.3) is 5.91 Å². The summed E-state index contributed by atoms with van der Waals surface area (Å²) in [6.07, 6.45) is 0. The number of ether oxygens (including phenoxy) is 2. The molecule has 0 radical (unpaired) electrons. The highest BCUT2D eigenvalue weighted by Gasteiger charge is 2.16. The van der Waals surface area contributed by atoms with Gasteiger partial charge in [0.1, 0.15) is 0 Å². The maximum Gasteiger partial charge on any atom is 0.255 e. The van der Waals surface area contributed by atoms with E-state index in [1.54, 1.807) is 12.1 Å². The number of benzene rings is 2. The molecule has 0 aromatic heterocycles. The van der Waals surface area contributed by atoms with Gasteiger partial charge in [-0.25, -0.2) is 0 Å². The molecular weight excluding hydrogens is 328 g/mol. The average molecular weight is 349 g/mol. The second-order valence-electron chi connectivity index (χ2n) is 5.32. The van der Waals surface area contributed by atoms with Crippen molar-refractivity contribution in [2.45, 2.75) is 6.92 Å². The fourth-order valence-electron chi connectivity index (χ4n) is 2.18. The number of halogens is 1. The second-order valence-corrected chi connectivity index (χ2v) is 5.73. The van der Waals surface area contributed by atoms with Crippen LogP contribution in [0, 0.1) is 0 Å². The van der Waals surface area contributed by atoms with E-state index in [1.807, 2.05) is 50.2 Å². The summed E-state index contributed by atoms with van der Waals surface area (Å²) >= 11 is 6.20. The minimum Gasteiger partial charge on any atom is -0.493 e. The van der Waals surface area contributed by atoms with Crippen molar-refractivity contribution in [2.24, 2.45) is 0 Å². The van der Waals surface area contributed by atoms with E-state index >= 15 is 0 Å². The van der Waals surface area contributed by atoms with Crippen LogP contribution in [0.2, 0.25) is 5.02 Å². The molecule has 2 rings (SSSR count). The molecule has 0 bridgehead atoms. The predicted molar refractivity (Wildman–Crippen MR) is 97.9 cm³/mol. The third-order valence-electron chi connectivity index (χ3n) is 3.42. The van der Waals surface area contributed by atoms with Crippen LogP contribution in [0.5, 0.6) is 11.5 Å². The van der Waals surface area contributed by atoms with E-state index in [-0.39, 0.29) is 5.91 Å². The number of hydrogen-bond acceptors (Lipinski definition) is 4. The minimum absolute atomic E-state index is 0.268. The topological polar surface area (TPSA) is 50.8 Å². The molecule has 0 heterocycles. The van der Waals surface area contributed by atoms with Crippen LogP contribution in [0.15, 0.2) is 36.4 Å². The molecule has 6 heteroatoms. The summed E-state index contributed by atoms with van der Waals surface area (Å²) in [5.41, 5.74) is 2.16. The van der Waals surface area contributed by atoms with Gasteiger partial charge in [-0.2, -0.15) is 0 Å². The van der Waals surface area contributed by atoms with Crippen molar-refractivity contribution in [1.29, 1.82) is 0 Å². The molecule has 2 aromatic carbocycles. The first kappa shape index (κ1) is 17.9. The van der Waals surface area contributed by atoms with Gasteiger partial charge >= 0.3 is 0 Å². The van der Waals surface area contributed by atoms with Gasteiger partial charge in [0.15, 0.2) is 11.5 Å². The molecule has 24 heavy (non-hydrogen) atoms. The molecule has 0 saturated heterocycles. The summed E-state index contributed by atoms with van der Waals surface area (Å²) in [5.74, 6) is 0.599. The highest BCUT2D eigenvalue weighted by molar-refractivity contribution is 6.32. The zero-order valence-corrected chi connectivity index (χ0v) is 15.0. The van der Waals surface area contributed by atoms with E-state index in [0.29, 0.717) is 34.4 Å². The number of anilines is 2. The van der Waals surface area contributed by atoms with E-state index in [9.17, 15) is 4.79 Å². The highest BCUT2D eigenvalue weighted by atomic mass is 35.5. The number of methoxy groups -OCH3 is 1. The number of nitrogens with zero attached hydrogens (tertiary/aromatic N) is 1. The number of amides is 1. The van der Waals surface area contributed by atoms with Gasteiger partial charge in [-0.05, 0) is 43.3 Å². The second kappa shape index (κ2) is 7.93. The lowest BCUT2D eigenvalue weighted by Gasteiger charge is -2.14. The first-order valence-electron chi connectivity index (χ1n) is 7.55. The molecule has 0 aliphatic rings. The van der Waals surface area contributed by atoms with Gasteiger partial charge in [0.2, 0.25) is 0 Å². The zero-order chi connectivity index (χ0) is 17.7. The maximum absolute atomic E-state index is 12.4. The summed E-state index contributed by atoms with van der Waals surface area (Å²) in [6, 6.07) is 10.7. The molecular formula is C18H21ClN2O3. The van der Waals surface area contributed by atoms with Crippen molar-refractivity contribution in [3.05, 3.63) is 47.0 Å². The standard InChI is InChI=1S/C18H21ClN2O3/c1-5-24-17-15(19)10-12(11-16(17)23-4)18(22)20-13-6-8-14(9-7-13)21(2)3/h6-11H,5H2,1-4H3,(H,20,22). The summed E-state index contributed by atoms with van der Waals surface area (Å²) in [7, 11) is 5.43. The van der Waals surface area contributed by atoms with Crippen LogP contribution in [-0.2, 0) is 0 Å². The van der Waals surface area contributed by atoms with Crippen molar-refractivity contribution in [1.82, 2.24) is 0 Å². The van der Waals surface area contributed by atoms with E-state index in [4.69, 9.17) is 21.1 Å². The number of rotatable bonds is 6. The molecule has 0 saturated carbocycles. The first-order valence-corrected chi connectivity index (χ1v) is 7.93. The third kappa shape index (κ3) is 4.11. The molecule has 1 amide bonds. The number of carbonyl (C=O) groups excluding carboxylic acids is 1. The molecule has 0 unspecified atom stereocenters.